The predicted octanol–water partition coefficient (Wildman–Crippen LogP) is -2.10. The van der Waals surface area contributed by atoms with Gasteiger partial charge in [-0.05, 0) is 27.7 Å². The van der Waals surface area contributed by atoms with Gasteiger partial charge in [0.25, 0.3) is 0 Å². The summed E-state index contributed by atoms with van der Waals surface area (Å²) in [5.74, 6) is 0.572. The smallest absolute Gasteiger partial charge is 0.330 e. The Morgan fingerprint density at radius 2 is 1.69 bits per heavy atom. The maximum Gasteiger partial charge on any atom is 0.330 e. The molecule has 0 saturated carbocycles. The molecule has 0 amide bonds. The highest BCUT2D eigenvalue weighted by molar-refractivity contribution is 7.51. The zero-order chi connectivity index (χ0) is 13.0. The molecule has 92 valence electrons. The van der Waals surface area contributed by atoms with Crippen LogP contribution >= 0.6 is 0 Å². The fourth-order valence-corrected chi connectivity index (χ4v) is 1.38. The van der Waals surface area contributed by atoms with E-state index in [1.165, 1.54) is 4.72 Å². The molecule has 0 heterocycles. The second-order valence-electron chi connectivity index (χ2n) is 4.37. The molecule has 0 aliphatic heterocycles. The zero-order valence-corrected chi connectivity index (χ0v) is 11.5. The van der Waals surface area contributed by atoms with E-state index >= 15 is 0 Å². The molecule has 0 radical (unpaired) electrons. The Labute approximate surface area is 107 Å². The summed E-state index contributed by atoms with van der Waals surface area (Å²) >= 11 is 9.55. The van der Waals surface area contributed by atoms with Crippen LogP contribution in [-0.4, -0.2) is 22.7 Å². The van der Waals surface area contributed by atoms with Crippen molar-refractivity contribution in [1.29, 1.82) is 5.41 Å². The summed E-state index contributed by atoms with van der Waals surface area (Å²) in [5.41, 5.74) is 3.94. The average molecular weight is 262 g/mol. The van der Waals surface area contributed by atoms with Crippen LogP contribution in [0, 0.1) is 5.41 Å². The van der Waals surface area contributed by atoms with Gasteiger partial charge in [-0.25, -0.2) is 0 Å². The molecule has 16 heavy (non-hydrogen) atoms. The quantitative estimate of drug-likeness (QED) is 0.202. The molecule has 0 aromatic carbocycles. The Bertz CT molecular complexity index is 320. The van der Waals surface area contributed by atoms with Gasteiger partial charge in [0.2, 0.25) is 5.54 Å². The van der Waals surface area contributed by atoms with Gasteiger partial charge in [0.15, 0.2) is 0 Å². The molecule has 0 bridgehead atoms. The van der Waals surface area contributed by atoms with E-state index in [2.05, 4.69) is 14.6 Å². The number of azo groups is 1. The number of quaternary nitrogens is 1. The van der Waals surface area contributed by atoms with Crippen molar-refractivity contribution < 1.29 is 9.12 Å². The van der Waals surface area contributed by atoms with E-state index in [0.29, 0.717) is 5.84 Å². The van der Waals surface area contributed by atoms with E-state index in [4.69, 9.17) is 36.8 Å². The first kappa shape index (κ1) is 15.3. The SMILES string of the molecule is CC(C)(/N=N/C(C)(C)/C(=[NH+]/[S-])[NH2+][S-])C(=N)N. The average Bonchev–Trinajstić information content (AvgIpc) is 2.16. The van der Waals surface area contributed by atoms with Crippen molar-refractivity contribution in [3.05, 3.63) is 0 Å². The summed E-state index contributed by atoms with van der Waals surface area (Å²) in [6.07, 6.45) is 0. The van der Waals surface area contributed by atoms with Crippen molar-refractivity contribution in [2.75, 3.05) is 0 Å². The minimum absolute atomic E-state index is 0.0396. The molecule has 6 N–H and O–H groups in total. The van der Waals surface area contributed by atoms with Crippen molar-refractivity contribution in [2.24, 2.45) is 16.0 Å². The Hall–Kier alpha value is -0.730. The molecule has 0 fully saturated rings. The lowest BCUT2D eigenvalue weighted by atomic mass is 10.1. The largest absolute Gasteiger partial charge is 0.486 e. The minimum atomic E-state index is -0.814. The van der Waals surface area contributed by atoms with Gasteiger partial charge >= 0.3 is 5.84 Å². The summed E-state index contributed by atoms with van der Waals surface area (Å²) in [6, 6.07) is 0. The highest BCUT2D eigenvalue weighted by Gasteiger charge is 2.32. The van der Waals surface area contributed by atoms with Gasteiger partial charge in [-0.3, -0.25) is 9.81 Å². The topological polar surface area (TPSA) is 105 Å². The summed E-state index contributed by atoms with van der Waals surface area (Å²) in [6.45, 7) is 7.08. The molecule has 0 unspecified atom stereocenters. The van der Waals surface area contributed by atoms with Gasteiger partial charge in [0.1, 0.15) is 11.4 Å². The fourth-order valence-electron chi connectivity index (χ4n) is 0.651. The van der Waals surface area contributed by atoms with Crippen LogP contribution in [-0.2, 0) is 25.6 Å². The number of nitrogens with one attached hydrogen (secondary N) is 2. The van der Waals surface area contributed by atoms with Crippen LogP contribution in [0.4, 0.5) is 0 Å². The third kappa shape index (κ3) is 4.03. The lowest BCUT2D eigenvalue weighted by molar-refractivity contribution is -0.430. The summed E-state index contributed by atoms with van der Waals surface area (Å²) in [5, 5.41) is 15.5. The summed E-state index contributed by atoms with van der Waals surface area (Å²) < 4.78 is 4.00. The van der Waals surface area contributed by atoms with E-state index < -0.39 is 11.1 Å². The second kappa shape index (κ2) is 5.55. The standard InChI is InChI=1S/C8H18N6S2/c1-7(2,5(9)10)13-14-8(3,4)6(11-15)12-16/h11H,12H2,1-4H3,(H3-,9,10,15)/b11-6-,14-13+. The lowest BCUT2D eigenvalue weighted by Gasteiger charge is -2.20. The first-order valence-electron chi connectivity index (χ1n) is 4.66. The Balaban J connectivity index is 4.97. The van der Waals surface area contributed by atoms with Crippen molar-refractivity contribution in [3.63, 3.8) is 0 Å². The molecule has 0 rings (SSSR count). The van der Waals surface area contributed by atoms with Crippen molar-refractivity contribution in [1.82, 2.24) is 0 Å². The minimum Gasteiger partial charge on any atom is -0.486 e. The molecular weight excluding hydrogens is 244 g/mol. The van der Waals surface area contributed by atoms with Crippen LogP contribution in [0.5, 0.6) is 0 Å². The number of hydrogen-bond acceptors (Lipinski definition) is 5. The second-order valence-corrected chi connectivity index (χ2v) is 4.81. The van der Waals surface area contributed by atoms with Gasteiger partial charge in [0.05, 0.1) is 0 Å². The summed E-state index contributed by atoms with van der Waals surface area (Å²) in [4.78, 5) is 0. The molecule has 0 aromatic heterocycles. The monoisotopic (exact) mass is 262 g/mol. The molecular formula is C8H18N6S2. The normalized spacial score (nSPS) is 14.4. The molecule has 0 aromatic rings. The van der Waals surface area contributed by atoms with Crippen LogP contribution in [0.3, 0.4) is 0 Å². The number of hydrogen-bond donors (Lipinski definition) is 4. The molecule has 0 spiro atoms. The Kier molecular flexibility index (Phi) is 5.30. The third-order valence-corrected chi connectivity index (χ3v) is 2.55. The highest BCUT2D eigenvalue weighted by atomic mass is 32.1. The zero-order valence-electron chi connectivity index (χ0n) is 9.87. The van der Waals surface area contributed by atoms with Crippen LogP contribution in [0.1, 0.15) is 27.7 Å². The molecule has 0 aliphatic carbocycles. The maximum absolute atomic E-state index is 7.35. The predicted molar refractivity (Wildman–Crippen MR) is 67.6 cm³/mol. The van der Waals surface area contributed by atoms with Gasteiger partial charge < -0.3 is 36.1 Å². The number of nitrogens with two attached hydrogens (primary N) is 2. The van der Waals surface area contributed by atoms with Gasteiger partial charge in [-0.15, -0.1) is 0 Å². The third-order valence-electron chi connectivity index (χ3n) is 2.10. The number of nitrogens with zero attached hydrogens (tertiary/aromatic N) is 2. The van der Waals surface area contributed by atoms with E-state index in [1.807, 2.05) is 13.8 Å². The van der Waals surface area contributed by atoms with Crippen molar-refractivity contribution in [3.8, 4) is 0 Å². The van der Waals surface area contributed by atoms with Crippen molar-refractivity contribution >= 4 is 37.3 Å². The fraction of sp³-hybridized carbons (Fsp3) is 0.750. The Morgan fingerprint density at radius 1 is 1.25 bits per heavy atom. The van der Waals surface area contributed by atoms with Crippen LogP contribution in [0.2, 0.25) is 0 Å². The molecule has 6 nitrogen and oxygen atoms in total. The van der Waals surface area contributed by atoms with Crippen LogP contribution in [0.25, 0.3) is 0 Å². The van der Waals surface area contributed by atoms with Gasteiger partial charge in [-0.2, -0.15) is 10.2 Å². The van der Waals surface area contributed by atoms with E-state index in [0.717, 1.165) is 0 Å². The first-order chi connectivity index (χ1) is 7.17. The molecule has 0 saturated heterocycles. The molecule has 0 atom stereocenters. The van der Waals surface area contributed by atoms with Gasteiger partial charge in [-0.1, -0.05) is 0 Å². The highest BCUT2D eigenvalue weighted by Crippen LogP contribution is 2.14. The van der Waals surface area contributed by atoms with E-state index in [9.17, 15) is 0 Å². The Morgan fingerprint density at radius 3 is 2.00 bits per heavy atom. The first-order valence-corrected chi connectivity index (χ1v) is 5.54. The number of rotatable bonds is 4. The van der Waals surface area contributed by atoms with Crippen molar-refractivity contribution in [2.45, 2.75) is 38.8 Å². The van der Waals surface area contributed by atoms with E-state index in [1.54, 1.807) is 13.8 Å². The van der Waals surface area contributed by atoms with Crippen LogP contribution < -0.4 is 14.9 Å². The van der Waals surface area contributed by atoms with E-state index in [-0.39, 0.29) is 5.84 Å². The summed E-state index contributed by atoms with van der Waals surface area (Å²) in [7, 11) is 0. The molecule has 0 aliphatic rings. The number of amidine groups is 2. The maximum atomic E-state index is 7.35. The van der Waals surface area contributed by atoms with Crippen LogP contribution in [0.15, 0.2) is 10.2 Å². The van der Waals surface area contributed by atoms with Gasteiger partial charge in [0, 0.05) is 0 Å². The molecule has 8 heteroatoms. The lowest BCUT2D eigenvalue weighted by Crippen LogP contribution is -2.98.